The van der Waals surface area contributed by atoms with Crippen molar-refractivity contribution in [2.45, 2.75) is 18.8 Å². The molecule has 0 radical (unpaired) electrons. The minimum Gasteiger partial charge on any atom is -0.478 e. The van der Waals surface area contributed by atoms with E-state index in [9.17, 15) is 27.6 Å². The monoisotopic (exact) mass is 516 g/mol. The summed E-state index contributed by atoms with van der Waals surface area (Å²) in [5.41, 5.74) is 3.89. The zero-order valence-electron chi connectivity index (χ0n) is 18.8. The molecule has 3 heterocycles. The second kappa shape index (κ2) is 9.73. The number of aliphatic carboxylic acids is 2. The van der Waals surface area contributed by atoms with Crippen LogP contribution in [0.25, 0.3) is 33.5 Å². The summed E-state index contributed by atoms with van der Waals surface area (Å²) in [6.07, 6.45) is -2.90. The molecule has 0 aliphatic carbocycles. The number of alkyl halides is 3. The smallest absolute Gasteiger partial charge is 0.435 e. The van der Waals surface area contributed by atoms with E-state index in [0.29, 0.717) is 17.2 Å². The second-order valence-electron chi connectivity index (χ2n) is 7.86. The fourth-order valence-corrected chi connectivity index (χ4v) is 3.89. The van der Waals surface area contributed by atoms with Gasteiger partial charge in [-0.15, -0.1) is 0 Å². The number of carbonyl (C=O) groups excluding carboxylic acids is 1. The molecule has 1 atom stereocenters. The van der Waals surface area contributed by atoms with Crippen molar-refractivity contribution in [2.75, 3.05) is 6.54 Å². The number of para-hydroxylation sites is 1. The quantitative estimate of drug-likeness (QED) is 0.221. The molecule has 0 saturated heterocycles. The summed E-state index contributed by atoms with van der Waals surface area (Å²) in [5.74, 6) is -4.11. The molecule has 0 saturated carbocycles. The first-order valence-electron chi connectivity index (χ1n) is 10.7. The summed E-state index contributed by atoms with van der Waals surface area (Å²) in [4.78, 5) is 45.6. The largest absolute Gasteiger partial charge is 0.478 e. The Labute approximate surface area is 205 Å². The lowest BCUT2D eigenvalue weighted by molar-refractivity contribution is -0.139. The Bertz CT molecular complexity index is 1540. The van der Waals surface area contributed by atoms with Crippen molar-refractivity contribution < 1.29 is 37.8 Å². The minimum absolute atomic E-state index is 0.0837. The number of aromatic nitrogens is 4. The van der Waals surface area contributed by atoms with E-state index in [1.165, 1.54) is 10.6 Å². The van der Waals surface area contributed by atoms with Crippen LogP contribution in [0.2, 0.25) is 0 Å². The van der Waals surface area contributed by atoms with Gasteiger partial charge in [-0.1, -0.05) is 18.2 Å². The van der Waals surface area contributed by atoms with Crippen LogP contribution in [0, 0.1) is 0 Å². The SMILES string of the molecule is NC(C(=O)NCCn1c(-c2ccc[nH]2)nc2c(C(F)(F)F)nc3ccccc3c21)C(=CC(=O)O)C(=O)O. The number of rotatable bonds is 8. The van der Waals surface area contributed by atoms with Gasteiger partial charge < -0.3 is 30.8 Å². The number of hydrogen-bond donors (Lipinski definition) is 5. The predicted molar refractivity (Wildman–Crippen MR) is 124 cm³/mol. The number of nitrogens with one attached hydrogen (secondary N) is 2. The molecule has 1 amide bonds. The summed E-state index contributed by atoms with van der Waals surface area (Å²) < 4.78 is 43.2. The third-order valence-corrected chi connectivity index (χ3v) is 5.47. The molecule has 192 valence electrons. The average Bonchev–Trinajstić information content (AvgIpc) is 3.49. The molecule has 14 heteroatoms. The molecule has 4 aromatic rings. The van der Waals surface area contributed by atoms with E-state index in [4.69, 9.17) is 15.9 Å². The number of hydrogen-bond acceptors (Lipinski definition) is 6. The Balaban J connectivity index is 1.76. The van der Waals surface area contributed by atoms with Crippen LogP contribution >= 0.6 is 0 Å². The molecule has 0 aliphatic heterocycles. The van der Waals surface area contributed by atoms with E-state index < -0.39 is 41.3 Å². The van der Waals surface area contributed by atoms with E-state index in [0.717, 1.165) is 0 Å². The van der Waals surface area contributed by atoms with E-state index >= 15 is 0 Å². The fraction of sp³-hybridized carbons (Fsp3) is 0.174. The van der Waals surface area contributed by atoms with Gasteiger partial charge in [-0.3, -0.25) is 4.79 Å². The lowest BCUT2D eigenvalue weighted by atomic mass is 10.1. The van der Waals surface area contributed by atoms with Gasteiger partial charge in [0.25, 0.3) is 0 Å². The topological polar surface area (TPSA) is 176 Å². The van der Waals surface area contributed by atoms with Gasteiger partial charge in [0, 0.05) is 30.7 Å². The standard InChI is InChI=1S/C23H19F3N6O5/c24-23(25,26)19-17-18(11-4-1-2-5-13(11)30-19)32(20(31-17)14-6-3-7-28-14)9-8-29-21(35)16(27)12(22(36)37)10-15(33)34/h1-7,10,16,28H,8-9,27H2,(H,29,35)(H,33,34)(H,36,37). The van der Waals surface area contributed by atoms with Crippen molar-refractivity contribution >= 4 is 39.8 Å². The Morgan fingerprint density at radius 1 is 1.14 bits per heavy atom. The van der Waals surface area contributed by atoms with Gasteiger partial charge in [0.2, 0.25) is 5.91 Å². The molecule has 1 unspecified atom stereocenters. The maximum Gasteiger partial charge on any atom is 0.435 e. The normalized spacial score (nSPS) is 13.1. The van der Waals surface area contributed by atoms with Crippen molar-refractivity contribution in [3.05, 3.63) is 59.9 Å². The third kappa shape index (κ3) is 4.99. The van der Waals surface area contributed by atoms with Gasteiger partial charge in [0.05, 0.1) is 22.3 Å². The van der Waals surface area contributed by atoms with E-state index in [1.807, 2.05) is 0 Å². The van der Waals surface area contributed by atoms with Gasteiger partial charge in [0.1, 0.15) is 11.6 Å². The Morgan fingerprint density at radius 3 is 2.49 bits per heavy atom. The van der Waals surface area contributed by atoms with E-state index in [1.54, 1.807) is 36.5 Å². The summed E-state index contributed by atoms with van der Waals surface area (Å²) in [5, 5.41) is 20.8. The van der Waals surface area contributed by atoms with Crippen LogP contribution in [0.3, 0.4) is 0 Å². The Hall–Kier alpha value is -4.72. The number of nitrogens with zero attached hydrogens (tertiary/aromatic N) is 3. The van der Waals surface area contributed by atoms with Crippen LogP contribution in [0.4, 0.5) is 13.2 Å². The minimum atomic E-state index is -4.79. The number of amides is 1. The number of aromatic amines is 1. The number of H-pyrrole nitrogens is 1. The molecule has 11 nitrogen and oxygen atoms in total. The predicted octanol–water partition coefficient (Wildman–Crippen LogP) is 2.14. The first-order chi connectivity index (χ1) is 17.5. The van der Waals surface area contributed by atoms with Gasteiger partial charge in [-0.05, 0) is 18.2 Å². The summed E-state index contributed by atoms with van der Waals surface area (Å²) in [6.45, 7) is -0.274. The van der Waals surface area contributed by atoms with Crippen LogP contribution in [0.1, 0.15) is 5.69 Å². The summed E-state index contributed by atoms with van der Waals surface area (Å²) in [6, 6.07) is 7.71. The zero-order valence-corrected chi connectivity index (χ0v) is 18.8. The molecule has 0 fully saturated rings. The highest BCUT2D eigenvalue weighted by atomic mass is 19.4. The molecule has 3 aromatic heterocycles. The Morgan fingerprint density at radius 2 is 1.86 bits per heavy atom. The summed E-state index contributed by atoms with van der Waals surface area (Å²) >= 11 is 0. The van der Waals surface area contributed by atoms with Crippen molar-refractivity contribution in [1.82, 2.24) is 24.8 Å². The van der Waals surface area contributed by atoms with Gasteiger partial charge in [-0.25, -0.2) is 19.6 Å². The number of nitrogens with two attached hydrogens (primary N) is 1. The van der Waals surface area contributed by atoms with Crippen LogP contribution in [0.5, 0.6) is 0 Å². The van der Waals surface area contributed by atoms with Crippen molar-refractivity contribution in [1.29, 1.82) is 0 Å². The number of imidazole rings is 1. The highest BCUT2D eigenvalue weighted by Crippen LogP contribution is 2.38. The zero-order chi connectivity index (χ0) is 26.9. The number of carboxylic acid groups (broad SMARTS) is 2. The molecule has 6 N–H and O–H groups in total. The molecule has 0 bridgehead atoms. The van der Waals surface area contributed by atoms with E-state index in [2.05, 4.69) is 20.3 Å². The maximum atomic E-state index is 13.9. The number of benzene rings is 1. The molecule has 1 aromatic carbocycles. The molecular weight excluding hydrogens is 497 g/mol. The van der Waals surface area contributed by atoms with Crippen LogP contribution in [0.15, 0.2) is 54.2 Å². The number of carbonyl (C=O) groups is 3. The summed E-state index contributed by atoms with van der Waals surface area (Å²) in [7, 11) is 0. The number of carboxylic acids is 2. The molecule has 0 spiro atoms. The fourth-order valence-electron chi connectivity index (χ4n) is 3.89. The first kappa shape index (κ1) is 25.4. The maximum absolute atomic E-state index is 13.9. The number of pyridine rings is 1. The van der Waals surface area contributed by atoms with Gasteiger partial charge >= 0.3 is 18.1 Å². The van der Waals surface area contributed by atoms with Crippen molar-refractivity contribution in [3.8, 4) is 11.5 Å². The van der Waals surface area contributed by atoms with Crippen molar-refractivity contribution in [3.63, 3.8) is 0 Å². The highest BCUT2D eigenvalue weighted by Gasteiger charge is 2.37. The van der Waals surface area contributed by atoms with Crippen LogP contribution < -0.4 is 11.1 Å². The lowest BCUT2D eigenvalue weighted by Gasteiger charge is -2.15. The third-order valence-electron chi connectivity index (χ3n) is 5.47. The van der Waals surface area contributed by atoms with Crippen LogP contribution in [-0.2, 0) is 27.1 Å². The first-order valence-corrected chi connectivity index (χ1v) is 10.7. The number of fused-ring (bicyclic) bond motifs is 3. The Kier molecular flexibility index (Phi) is 6.68. The van der Waals surface area contributed by atoms with Crippen LogP contribution in [-0.4, -0.2) is 60.2 Å². The van der Waals surface area contributed by atoms with Gasteiger partial charge in [0.15, 0.2) is 11.5 Å². The highest BCUT2D eigenvalue weighted by molar-refractivity contribution is 6.05. The molecular formula is C23H19F3N6O5. The number of halogens is 3. The average molecular weight is 516 g/mol. The lowest BCUT2D eigenvalue weighted by Crippen LogP contribution is -2.44. The second-order valence-corrected chi connectivity index (χ2v) is 7.86. The van der Waals surface area contributed by atoms with Gasteiger partial charge in [-0.2, -0.15) is 13.2 Å². The molecule has 4 rings (SSSR count). The molecule has 37 heavy (non-hydrogen) atoms. The molecule has 0 aliphatic rings. The van der Waals surface area contributed by atoms with E-state index in [-0.39, 0.29) is 35.5 Å². The van der Waals surface area contributed by atoms with Crippen molar-refractivity contribution in [2.24, 2.45) is 5.73 Å².